The Morgan fingerprint density at radius 2 is 1.81 bits per heavy atom. The van der Waals surface area contributed by atoms with Crippen molar-refractivity contribution in [3.8, 4) is 0 Å². The summed E-state index contributed by atoms with van der Waals surface area (Å²) in [5, 5.41) is 3.67. The molecule has 0 radical (unpaired) electrons. The minimum atomic E-state index is 0.342. The van der Waals surface area contributed by atoms with Crippen molar-refractivity contribution in [2.75, 3.05) is 59.0 Å². The fourth-order valence-corrected chi connectivity index (χ4v) is 3.51. The predicted octanol–water partition coefficient (Wildman–Crippen LogP) is 1.66. The van der Waals surface area contributed by atoms with E-state index in [1.54, 1.807) is 0 Å². The van der Waals surface area contributed by atoms with Gasteiger partial charge in [-0.25, -0.2) is 0 Å². The van der Waals surface area contributed by atoms with Crippen LogP contribution in [0.15, 0.2) is 0 Å². The Morgan fingerprint density at radius 3 is 2.33 bits per heavy atom. The maximum absolute atomic E-state index is 5.74. The maximum Gasteiger partial charge on any atom is 0.0547 e. The molecule has 2 aliphatic heterocycles. The van der Waals surface area contributed by atoms with E-state index in [2.05, 4.69) is 42.8 Å². The summed E-state index contributed by atoms with van der Waals surface area (Å²) in [6.45, 7) is 19.3. The van der Waals surface area contributed by atoms with Crippen molar-refractivity contribution in [2.45, 2.75) is 40.2 Å². The molecule has 0 aromatic carbocycles. The van der Waals surface area contributed by atoms with E-state index < -0.39 is 0 Å². The highest BCUT2D eigenvalue weighted by atomic mass is 16.5. The van der Waals surface area contributed by atoms with Crippen molar-refractivity contribution in [1.82, 2.24) is 15.1 Å². The molecule has 0 aromatic rings. The minimum Gasteiger partial charge on any atom is -0.381 e. The molecule has 0 bridgehead atoms. The van der Waals surface area contributed by atoms with Crippen molar-refractivity contribution < 1.29 is 4.74 Å². The molecule has 0 amide bonds. The number of piperazine rings is 1. The quantitative estimate of drug-likeness (QED) is 0.773. The predicted molar refractivity (Wildman–Crippen MR) is 88.7 cm³/mol. The number of hydrogen-bond donors (Lipinski definition) is 1. The third-order valence-corrected chi connectivity index (χ3v) is 4.93. The standard InChI is InChI=1S/C17H35N3O/c1-15(2)11-18-12-17(5-10-21-14-17)13-19-6-8-20(9-7-19)16(3)4/h15-16,18H,5-14H2,1-4H3. The lowest BCUT2D eigenvalue weighted by atomic mass is 9.86. The number of rotatable bonds is 7. The first kappa shape index (κ1) is 17.2. The van der Waals surface area contributed by atoms with E-state index >= 15 is 0 Å². The number of nitrogens with zero attached hydrogens (tertiary/aromatic N) is 2. The molecule has 2 saturated heterocycles. The first-order valence-corrected chi connectivity index (χ1v) is 8.76. The second-order valence-electron chi connectivity index (χ2n) is 7.73. The van der Waals surface area contributed by atoms with E-state index in [4.69, 9.17) is 4.74 Å². The first-order valence-electron chi connectivity index (χ1n) is 8.76. The number of nitrogens with one attached hydrogen (secondary N) is 1. The highest BCUT2D eigenvalue weighted by Gasteiger charge is 2.37. The van der Waals surface area contributed by atoms with Crippen LogP contribution in [0.5, 0.6) is 0 Å². The summed E-state index contributed by atoms with van der Waals surface area (Å²) in [6.07, 6.45) is 1.21. The Kier molecular flexibility index (Phi) is 6.48. The van der Waals surface area contributed by atoms with Crippen LogP contribution in [0.25, 0.3) is 0 Å². The highest BCUT2D eigenvalue weighted by Crippen LogP contribution is 2.29. The van der Waals surface area contributed by atoms with Crippen LogP contribution in [0, 0.1) is 11.3 Å². The zero-order chi connectivity index (χ0) is 15.3. The molecule has 124 valence electrons. The van der Waals surface area contributed by atoms with Gasteiger partial charge >= 0.3 is 0 Å². The van der Waals surface area contributed by atoms with E-state index in [-0.39, 0.29) is 0 Å². The molecule has 2 fully saturated rings. The molecular weight excluding hydrogens is 262 g/mol. The maximum atomic E-state index is 5.74. The van der Waals surface area contributed by atoms with Crippen LogP contribution in [0.4, 0.5) is 0 Å². The van der Waals surface area contributed by atoms with Crippen LogP contribution in [0.3, 0.4) is 0 Å². The molecule has 1 atom stereocenters. The van der Waals surface area contributed by atoms with Crippen LogP contribution >= 0.6 is 0 Å². The van der Waals surface area contributed by atoms with E-state index in [0.717, 1.165) is 32.2 Å². The molecule has 0 aliphatic carbocycles. The molecule has 2 heterocycles. The zero-order valence-electron chi connectivity index (χ0n) is 14.5. The molecule has 4 nitrogen and oxygen atoms in total. The van der Waals surface area contributed by atoms with Crippen molar-refractivity contribution in [3.63, 3.8) is 0 Å². The van der Waals surface area contributed by atoms with Gasteiger partial charge in [0.2, 0.25) is 0 Å². The summed E-state index contributed by atoms with van der Waals surface area (Å²) in [5.41, 5.74) is 0.342. The molecule has 4 heteroatoms. The van der Waals surface area contributed by atoms with Gasteiger partial charge in [-0.15, -0.1) is 0 Å². The second kappa shape index (κ2) is 7.91. The molecule has 0 aromatic heterocycles. The Morgan fingerprint density at radius 1 is 1.10 bits per heavy atom. The fourth-order valence-electron chi connectivity index (χ4n) is 3.51. The van der Waals surface area contributed by atoms with E-state index in [1.807, 2.05) is 0 Å². The third-order valence-electron chi connectivity index (χ3n) is 4.93. The van der Waals surface area contributed by atoms with Gasteiger partial charge < -0.3 is 15.0 Å². The van der Waals surface area contributed by atoms with Crippen molar-refractivity contribution >= 4 is 0 Å². The van der Waals surface area contributed by atoms with Gasteiger partial charge in [0.1, 0.15) is 0 Å². The molecule has 0 spiro atoms. The molecule has 2 rings (SSSR count). The monoisotopic (exact) mass is 297 g/mol. The summed E-state index contributed by atoms with van der Waals surface area (Å²) < 4.78 is 5.74. The van der Waals surface area contributed by atoms with E-state index in [1.165, 1.54) is 39.1 Å². The third kappa shape index (κ3) is 5.20. The summed E-state index contributed by atoms with van der Waals surface area (Å²) in [7, 11) is 0. The molecule has 2 aliphatic rings. The summed E-state index contributed by atoms with van der Waals surface area (Å²) >= 11 is 0. The average molecular weight is 297 g/mol. The normalized spacial score (nSPS) is 28.9. The van der Waals surface area contributed by atoms with Gasteiger partial charge in [-0.3, -0.25) is 4.90 Å². The van der Waals surface area contributed by atoms with Crippen LogP contribution in [-0.2, 0) is 4.74 Å². The molecule has 1 unspecified atom stereocenters. The molecule has 21 heavy (non-hydrogen) atoms. The highest BCUT2D eigenvalue weighted by molar-refractivity contribution is 4.90. The lowest BCUT2D eigenvalue weighted by Crippen LogP contribution is -2.53. The smallest absolute Gasteiger partial charge is 0.0547 e. The molecule has 0 saturated carbocycles. The van der Waals surface area contributed by atoms with E-state index in [0.29, 0.717) is 11.5 Å². The van der Waals surface area contributed by atoms with Crippen molar-refractivity contribution in [1.29, 1.82) is 0 Å². The minimum absolute atomic E-state index is 0.342. The second-order valence-corrected chi connectivity index (χ2v) is 7.73. The van der Waals surface area contributed by atoms with Crippen LogP contribution < -0.4 is 5.32 Å². The van der Waals surface area contributed by atoms with Crippen molar-refractivity contribution in [3.05, 3.63) is 0 Å². The Labute approximate surface area is 131 Å². The summed E-state index contributed by atoms with van der Waals surface area (Å²) in [6, 6.07) is 0.684. The fraction of sp³-hybridized carbons (Fsp3) is 1.00. The number of ether oxygens (including phenoxy) is 1. The SMILES string of the molecule is CC(C)CNCC1(CN2CCN(C(C)C)CC2)CCOC1. The molecular formula is C17H35N3O. The summed E-state index contributed by atoms with van der Waals surface area (Å²) in [5.74, 6) is 0.721. The van der Waals surface area contributed by atoms with Gasteiger partial charge in [0.15, 0.2) is 0 Å². The van der Waals surface area contributed by atoms with Gasteiger partial charge in [-0.05, 0) is 32.7 Å². The largest absolute Gasteiger partial charge is 0.381 e. The lowest BCUT2D eigenvalue weighted by Gasteiger charge is -2.41. The summed E-state index contributed by atoms with van der Waals surface area (Å²) in [4.78, 5) is 5.25. The molecule has 1 N–H and O–H groups in total. The van der Waals surface area contributed by atoms with Crippen LogP contribution in [0.2, 0.25) is 0 Å². The Balaban J connectivity index is 1.80. The van der Waals surface area contributed by atoms with Gasteiger partial charge in [0.25, 0.3) is 0 Å². The van der Waals surface area contributed by atoms with Crippen LogP contribution in [0.1, 0.15) is 34.1 Å². The van der Waals surface area contributed by atoms with Gasteiger partial charge in [-0.2, -0.15) is 0 Å². The van der Waals surface area contributed by atoms with E-state index in [9.17, 15) is 0 Å². The number of hydrogen-bond acceptors (Lipinski definition) is 4. The Bertz CT molecular complexity index is 292. The van der Waals surface area contributed by atoms with Gasteiger partial charge in [0, 0.05) is 57.3 Å². The lowest BCUT2D eigenvalue weighted by molar-refractivity contribution is 0.0606. The average Bonchev–Trinajstić information content (AvgIpc) is 2.87. The Hall–Kier alpha value is -0.160. The van der Waals surface area contributed by atoms with Gasteiger partial charge in [0.05, 0.1) is 6.61 Å². The zero-order valence-corrected chi connectivity index (χ0v) is 14.5. The van der Waals surface area contributed by atoms with Crippen molar-refractivity contribution in [2.24, 2.45) is 11.3 Å². The first-order chi connectivity index (χ1) is 10.0. The van der Waals surface area contributed by atoms with Crippen LogP contribution in [-0.4, -0.2) is 74.9 Å². The van der Waals surface area contributed by atoms with Gasteiger partial charge in [-0.1, -0.05) is 13.8 Å². The topological polar surface area (TPSA) is 27.7 Å².